The van der Waals surface area contributed by atoms with E-state index >= 15 is 0 Å². The Balaban J connectivity index is 3.02. The lowest BCUT2D eigenvalue weighted by Crippen LogP contribution is -2.62. The predicted molar refractivity (Wildman–Crippen MR) is 39.1 cm³/mol. The molecule has 4 atom stereocenters. The van der Waals surface area contributed by atoms with Gasteiger partial charge in [-0.15, -0.1) is 0 Å². The molecular weight excluding hydrogens is 199 g/mol. The number of Topliss-reactive ketones (excluding diaryl/α,β-unsaturated/α-hetero) is 1. The molecule has 0 spiro atoms. The molecule has 1 aliphatic carbocycles. The van der Waals surface area contributed by atoms with Gasteiger partial charge in [0, 0.05) is 6.42 Å². The van der Waals surface area contributed by atoms with E-state index in [1.54, 1.807) is 0 Å². The lowest BCUT2D eigenvalue weighted by Gasteiger charge is -2.35. The topological polar surface area (TPSA) is 115 Å². The first-order valence-electron chi connectivity index (χ1n) is 3.80. The number of hydrogen-bond acceptors (Lipinski definition) is 5. The summed E-state index contributed by atoms with van der Waals surface area (Å²) in [6.45, 7) is 0. The van der Waals surface area contributed by atoms with Crippen molar-refractivity contribution in [2.45, 2.75) is 30.4 Å². The molecule has 14 heavy (non-hydrogen) atoms. The molecule has 4 N–H and O–H groups in total. The zero-order chi connectivity index (χ0) is 11.1. The second kappa shape index (κ2) is 3.26. The van der Waals surface area contributed by atoms with Gasteiger partial charge in [-0.3, -0.25) is 4.79 Å². The molecule has 0 radical (unpaired) electrons. The molecule has 0 saturated heterocycles. The van der Waals surface area contributed by atoms with Gasteiger partial charge in [-0.2, -0.15) is 0 Å². The first-order chi connectivity index (χ1) is 6.30. The number of carboxylic acid groups (broad SMARTS) is 1. The van der Waals surface area contributed by atoms with E-state index in [2.05, 4.69) is 0 Å². The zero-order valence-corrected chi connectivity index (χ0v) is 6.92. The van der Waals surface area contributed by atoms with Crippen LogP contribution >= 0.6 is 0 Å². The lowest BCUT2D eigenvalue weighted by atomic mass is 9.79. The highest BCUT2D eigenvalue weighted by molar-refractivity contribution is 5.96. The molecule has 1 rings (SSSR count). The molecule has 1 saturated carbocycles. The number of hydrogen-bond donors (Lipinski definition) is 4. The molecule has 0 heterocycles. The van der Waals surface area contributed by atoms with Gasteiger partial charge in [0.15, 0.2) is 0 Å². The van der Waals surface area contributed by atoms with Crippen LogP contribution in [0.25, 0.3) is 0 Å². The van der Waals surface area contributed by atoms with Crippen LogP contribution in [-0.2, 0) is 9.59 Å². The molecule has 6 nitrogen and oxygen atoms in total. The van der Waals surface area contributed by atoms with E-state index in [0.29, 0.717) is 0 Å². The van der Waals surface area contributed by atoms with Crippen molar-refractivity contribution in [3.8, 4) is 0 Å². The normalized spacial score (nSPS) is 43.7. The SMILES string of the molecule is O=C1C(O)C(O)CC(O)(C(=O)O)C1F. The van der Waals surface area contributed by atoms with Crippen LogP contribution < -0.4 is 0 Å². The molecule has 0 aromatic heterocycles. The van der Waals surface area contributed by atoms with E-state index in [0.717, 1.165) is 0 Å². The highest BCUT2D eigenvalue weighted by atomic mass is 19.1. The molecule has 1 aliphatic rings. The summed E-state index contributed by atoms with van der Waals surface area (Å²) in [5.41, 5.74) is -2.95. The number of aliphatic hydroxyl groups excluding tert-OH is 2. The van der Waals surface area contributed by atoms with Crippen LogP contribution in [0.5, 0.6) is 0 Å². The van der Waals surface area contributed by atoms with Crippen molar-refractivity contribution in [1.29, 1.82) is 0 Å². The maximum absolute atomic E-state index is 13.0. The van der Waals surface area contributed by atoms with Gasteiger partial charge >= 0.3 is 5.97 Å². The molecule has 0 bridgehead atoms. The van der Waals surface area contributed by atoms with Gasteiger partial charge in [-0.25, -0.2) is 9.18 Å². The molecule has 4 unspecified atom stereocenters. The van der Waals surface area contributed by atoms with Crippen LogP contribution in [0.1, 0.15) is 6.42 Å². The van der Waals surface area contributed by atoms with Gasteiger partial charge in [0.2, 0.25) is 17.6 Å². The fourth-order valence-corrected chi connectivity index (χ4v) is 1.30. The highest BCUT2D eigenvalue weighted by Gasteiger charge is 2.57. The minimum absolute atomic E-state index is 0.920. The number of aliphatic hydroxyl groups is 3. The maximum Gasteiger partial charge on any atom is 0.339 e. The molecular formula is C7H9FO6. The predicted octanol–water partition coefficient (Wildman–Crippen LogP) is -2.17. The molecule has 7 heteroatoms. The summed E-state index contributed by atoms with van der Waals surface area (Å²) in [6.07, 6.45) is -7.39. The van der Waals surface area contributed by atoms with Crippen molar-refractivity contribution < 1.29 is 34.4 Å². The smallest absolute Gasteiger partial charge is 0.339 e. The number of ketones is 1. The Morgan fingerprint density at radius 1 is 1.50 bits per heavy atom. The van der Waals surface area contributed by atoms with Crippen LogP contribution in [0.2, 0.25) is 0 Å². The molecule has 0 aromatic rings. The Morgan fingerprint density at radius 2 is 2.00 bits per heavy atom. The number of carboxylic acids is 1. The fourth-order valence-electron chi connectivity index (χ4n) is 1.30. The number of carbonyl (C=O) groups is 2. The van der Waals surface area contributed by atoms with Crippen molar-refractivity contribution in [3.63, 3.8) is 0 Å². The highest BCUT2D eigenvalue weighted by Crippen LogP contribution is 2.29. The van der Waals surface area contributed by atoms with E-state index < -0.39 is 42.2 Å². The molecule has 0 aromatic carbocycles. The van der Waals surface area contributed by atoms with Gasteiger partial charge < -0.3 is 20.4 Å². The van der Waals surface area contributed by atoms with Crippen LogP contribution in [-0.4, -0.2) is 56.2 Å². The third-order valence-corrected chi connectivity index (χ3v) is 2.22. The third kappa shape index (κ3) is 1.39. The van der Waals surface area contributed by atoms with Gasteiger partial charge in [0.05, 0.1) is 6.10 Å². The van der Waals surface area contributed by atoms with Crippen LogP contribution in [0.15, 0.2) is 0 Å². The minimum atomic E-state index is -2.95. The van der Waals surface area contributed by atoms with Gasteiger partial charge in [-0.05, 0) is 0 Å². The lowest BCUT2D eigenvalue weighted by molar-refractivity contribution is -0.189. The average Bonchev–Trinajstić information content (AvgIpc) is 2.11. The summed E-state index contributed by atoms with van der Waals surface area (Å²) in [5.74, 6) is -3.46. The van der Waals surface area contributed by atoms with E-state index in [1.807, 2.05) is 0 Å². The van der Waals surface area contributed by atoms with Crippen molar-refractivity contribution in [3.05, 3.63) is 0 Å². The Kier molecular flexibility index (Phi) is 2.57. The zero-order valence-electron chi connectivity index (χ0n) is 6.92. The Bertz CT molecular complexity index is 279. The summed E-state index contributed by atoms with van der Waals surface area (Å²) in [6, 6.07) is 0. The van der Waals surface area contributed by atoms with E-state index in [9.17, 15) is 19.1 Å². The van der Waals surface area contributed by atoms with E-state index in [1.165, 1.54) is 0 Å². The first-order valence-corrected chi connectivity index (χ1v) is 3.80. The van der Waals surface area contributed by atoms with Gasteiger partial charge in [0.25, 0.3) is 0 Å². The molecule has 0 aliphatic heterocycles. The summed E-state index contributed by atoms with van der Waals surface area (Å²) in [7, 11) is 0. The maximum atomic E-state index is 13.0. The van der Waals surface area contributed by atoms with Crippen molar-refractivity contribution in [2.75, 3.05) is 0 Å². The average molecular weight is 208 g/mol. The van der Waals surface area contributed by atoms with Crippen molar-refractivity contribution >= 4 is 11.8 Å². The minimum Gasteiger partial charge on any atom is -0.479 e. The van der Waals surface area contributed by atoms with Crippen molar-refractivity contribution in [2.24, 2.45) is 0 Å². The first kappa shape index (κ1) is 11.0. The summed E-state index contributed by atoms with van der Waals surface area (Å²) in [4.78, 5) is 21.3. The van der Waals surface area contributed by atoms with Gasteiger partial charge in [0.1, 0.15) is 6.10 Å². The summed E-state index contributed by atoms with van der Waals surface area (Å²) < 4.78 is 13.0. The van der Waals surface area contributed by atoms with E-state index in [4.69, 9.17) is 15.3 Å². The van der Waals surface area contributed by atoms with Crippen molar-refractivity contribution in [1.82, 2.24) is 0 Å². The van der Waals surface area contributed by atoms with Crippen LogP contribution in [0.4, 0.5) is 4.39 Å². The third-order valence-electron chi connectivity index (χ3n) is 2.22. The summed E-state index contributed by atoms with van der Waals surface area (Å²) >= 11 is 0. The second-order valence-corrected chi connectivity index (χ2v) is 3.21. The van der Waals surface area contributed by atoms with Crippen LogP contribution in [0, 0.1) is 0 Å². The molecule has 1 fully saturated rings. The van der Waals surface area contributed by atoms with Gasteiger partial charge in [-0.1, -0.05) is 0 Å². The standard InChI is InChI=1S/C7H9FO6/c8-5-4(11)3(10)2(9)1-7(5,14)6(12)13/h2-3,5,9-10,14H,1H2,(H,12,13). The Hall–Kier alpha value is -1.05. The number of rotatable bonds is 1. The number of carbonyl (C=O) groups excluding carboxylic acids is 1. The fraction of sp³-hybridized carbons (Fsp3) is 0.714. The largest absolute Gasteiger partial charge is 0.479 e. The number of alkyl halides is 1. The number of halogens is 1. The molecule has 0 amide bonds. The monoisotopic (exact) mass is 208 g/mol. The summed E-state index contributed by atoms with van der Waals surface area (Å²) in [5, 5.41) is 35.5. The van der Waals surface area contributed by atoms with Crippen LogP contribution in [0.3, 0.4) is 0 Å². The Labute approximate surface area is 77.6 Å². The number of aliphatic carboxylic acids is 1. The second-order valence-electron chi connectivity index (χ2n) is 3.21. The Morgan fingerprint density at radius 3 is 2.43 bits per heavy atom. The quantitative estimate of drug-likeness (QED) is 0.390. The van der Waals surface area contributed by atoms with E-state index in [-0.39, 0.29) is 0 Å². The molecule has 80 valence electrons.